The minimum absolute atomic E-state index is 0.0188. The SMILES string of the molecule is COc1cccc(C(=O)N2CCCC(NC(=O)N3CCc4ccccc4C3)C2)c1. The van der Waals surface area contributed by atoms with Gasteiger partial charge in [0, 0.05) is 37.8 Å². The van der Waals surface area contributed by atoms with Crippen molar-refractivity contribution in [2.45, 2.75) is 31.8 Å². The van der Waals surface area contributed by atoms with E-state index < -0.39 is 0 Å². The number of rotatable bonds is 3. The van der Waals surface area contributed by atoms with Gasteiger partial charge in [0.2, 0.25) is 0 Å². The van der Waals surface area contributed by atoms with Gasteiger partial charge in [-0.2, -0.15) is 0 Å². The smallest absolute Gasteiger partial charge is 0.317 e. The predicted octanol–water partition coefficient (Wildman–Crippen LogP) is 3.07. The lowest BCUT2D eigenvalue weighted by Crippen LogP contribution is -2.53. The summed E-state index contributed by atoms with van der Waals surface area (Å²) < 4.78 is 5.23. The average molecular weight is 393 g/mol. The van der Waals surface area contributed by atoms with E-state index in [9.17, 15) is 9.59 Å². The molecule has 2 aliphatic rings. The molecular formula is C23H27N3O3. The first kappa shape index (κ1) is 19.3. The fourth-order valence-electron chi connectivity index (χ4n) is 4.15. The molecule has 1 saturated heterocycles. The van der Waals surface area contributed by atoms with E-state index in [1.54, 1.807) is 19.2 Å². The highest BCUT2D eigenvalue weighted by Crippen LogP contribution is 2.20. The van der Waals surface area contributed by atoms with Gasteiger partial charge in [-0.05, 0) is 48.6 Å². The van der Waals surface area contributed by atoms with Crippen LogP contribution in [0.15, 0.2) is 48.5 Å². The van der Waals surface area contributed by atoms with Gasteiger partial charge in [-0.25, -0.2) is 4.79 Å². The number of nitrogens with zero attached hydrogens (tertiary/aromatic N) is 2. The molecule has 1 N–H and O–H groups in total. The Kier molecular flexibility index (Phi) is 5.69. The lowest BCUT2D eigenvalue weighted by Gasteiger charge is -2.35. The van der Waals surface area contributed by atoms with Crippen LogP contribution in [0.3, 0.4) is 0 Å². The van der Waals surface area contributed by atoms with E-state index in [1.807, 2.05) is 34.1 Å². The molecule has 2 heterocycles. The van der Waals surface area contributed by atoms with Gasteiger partial charge in [-0.1, -0.05) is 30.3 Å². The van der Waals surface area contributed by atoms with Crippen LogP contribution in [0.1, 0.15) is 34.3 Å². The van der Waals surface area contributed by atoms with Crippen molar-refractivity contribution in [1.29, 1.82) is 0 Å². The number of hydrogen-bond acceptors (Lipinski definition) is 3. The molecule has 0 saturated carbocycles. The van der Waals surface area contributed by atoms with Crippen molar-refractivity contribution < 1.29 is 14.3 Å². The number of fused-ring (bicyclic) bond motifs is 1. The molecule has 2 aromatic carbocycles. The molecule has 0 radical (unpaired) electrons. The van der Waals surface area contributed by atoms with Crippen LogP contribution in [0.5, 0.6) is 5.75 Å². The Morgan fingerprint density at radius 3 is 2.69 bits per heavy atom. The van der Waals surface area contributed by atoms with Crippen LogP contribution in [0.25, 0.3) is 0 Å². The topological polar surface area (TPSA) is 61.9 Å². The Morgan fingerprint density at radius 1 is 1.03 bits per heavy atom. The van der Waals surface area contributed by atoms with Crippen molar-refractivity contribution in [2.24, 2.45) is 0 Å². The predicted molar refractivity (Wildman–Crippen MR) is 111 cm³/mol. The zero-order valence-electron chi connectivity index (χ0n) is 16.8. The second-order valence-corrected chi connectivity index (χ2v) is 7.71. The highest BCUT2D eigenvalue weighted by Gasteiger charge is 2.28. The van der Waals surface area contributed by atoms with Gasteiger partial charge in [-0.3, -0.25) is 4.79 Å². The van der Waals surface area contributed by atoms with E-state index >= 15 is 0 Å². The van der Waals surface area contributed by atoms with E-state index in [0.717, 1.165) is 25.8 Å². The molecular weight excluding hydrogens is 366 g/mol. The Labute approximate surface area is 171 Å². The first-order chi connectivity index (χ1) is 14.1. The molecule has 0 bridgehead atoms. The van der Waals surface area contributed by atoms with Gasteiger partial charge in [0.25, 0.3) is 5.91 Å². The van der Waals surface area contributed by atoms with Crippen molar-refractivity contribution >= 4 is 11.9 Å². The van der Waals surface area contributed by atoms with Crippen molar-refractivity contribution in [1.82, 2.24) is 15.1 Å². The van der Waals surface area contributed by atoms with Crippen LogP contribution in [0.4, 0.5) is 4.79 Å². The zero-order valence-corrected chi connectivity index (χ0v) is 16.8. The maximum atomic E-state index is 12.9. The quantitative estimate of drug-likeness (QED) is 0.872. The number of urea groups is 1. The van der Waals surface area contributed by atoms with E-state index in [4.69, 9.17) is 4.74 Å². The number of benzene rings is 2. The summed E-state index contributed by atoms with van der Waals surface area (Å²) >= 11 is 0. The molecule has 2 aliphatic heterocycles. The van der Waals surface area contributed by atoms with Crippen LogP contribution in [0.2, 0.25) is 0 Å². The van der Waals surface area contributed by atoms with E-state index in [2.05, 4.69) is 17.4 Å². The monoisotopic (exact) mass is 393 g/mol. The van der Waals surface area contributed by atoms with Gasteiger partial charge in [0.1, 0.15) is 5.75 Å². The van der Waals surface area contributed by atoms with Crippen LogP contribution in [-0.4, -0.2) is 54.5 Å². The third-order valence-corrected chi connectivity index (χ3v) is 5.77. The molecule has 3 amide bonds. The summed E-state index contributed by atoms with van der Waals surface area (Å²) in [6.07, 6.45) is 2.65. The molecule has 2 aromatic rings. The number of carbonyl (C=O) groups excluding carboxylic acids is 2. The lowest BCUT2D eigenvalue weighted by atomic mass is 10.00. The number of methoxy groups -OCH3 is 1. The third kappa shape index (κ3) is 4.36. The van der Waals surface area contributed by atoms with Gasteiger partial charge in [0.15, 0.2) is 0 Å². The molecule has 6 nitrogen and oxygen atoms in total. The zero-order chi connectivity index (χ0) is 20.2. The van der Waals surface area contributed by atoms with Gasteiger partial charge in [0.05, 0.1) is 7.11 Å². The summed E-state index contributed by atoms with van der Waals surface area (Å²) in [7, 11) is 1.59. The number of hydrogen-bond donors (Lipinski definition) is 1. The van der Waals surface area contributed by atoms with Gasteiger partial charge >= 0.3 is 6.03 Å². The molecule has 1 unspecified atom stereocenters. The second kappa shape index (κ2) is 8.55. The fourth-order valence-corrected chi connectivity index (χ4v) is 4.15. The second-order valence-electron chi connectivity index (χ2n) is 7.71. The molecule has 0 spiro atoms. The van der Waals surface area contributed by atoms with Crippen molar-refractivity contribution in [3.05, 3.63) is 65.2 Å². The van der Waals surface area contributed by atoms with Crippen molar-refractivity contribution in [3.63, 3.8) is 0 Å². The summed E-state index contributed by atoms with van der Waals surface area (Å²) in [6, 6.07) is 15.4. The number of carbonyl (C=O) groups is 2. The van der Waals surface area contributed by atoms with Crippen LogP contribution in [-0.2, 0) is 13.0 Å². The van der Waals surface area contributed by atoms with Crippen molar-refractivity contribution in [3.8, 4) is 5.75 Å². The molecule has 0 aromatic heterocycles. The fraction of sp³-hybridized carbons (Fsp3) is 0.391. The third-order valence-electron chi connectivity index (χ3n) is 5.77. The van der Waals surface area contributed by atoms with Crippen LogP contribution >= 0.6 is 0 Å². The van der Waals surface area contributed by atoms with Crippen molar-refractivity contribution in [2.75, 3.05) is 26.7 Å². The van der Waals surface area contributed by atoms with E-state index in [1.165, 1.54) is 11.1 Å². The number of ether oxygens (including phenoxy) is 1. The normalized spacial score (nSPS) is 18.7. The van der Waals surface area contributed by atoms with Crippen LogP contribution < -0.4 is 10.1 Å². The largest absolute Gasteiger partial charge is 0.497 e. The maximum Gasteiger partial charge on any atom is 0.317 e. The Hall–Kier alpha value is -3.02. The molecule has 0 aliphatic carbocycles. The summed E-state index contributed by atoms with van der Waals surface area (Å²) in [4.78, 5) is 29.4. The molecule has 29 heavy (non-hydrogen) atoms. The van der Waals surface area contributed by atoms with Gasteiger partial charge < -0.3 is 19.9 Å². The lowest BCUT2D eigenvalue weighted by molar-refractivity contribution is 0.0693. The minimum atomic E-state index is -0.0415. The molecule has 1 atom stereocenters. The number of nitrogens with one attached hydrogen (secondary N) is 1. The number of piperidine rings is 1. The van der Waals surface area contributed by atoms with Gasteiger partial charge in [-0.15, -0.1) is 0 Å². The summed E-state index contributed by atoms with van der Waals surface area (Å²) in [5.41, 5.74) is 3.15. The molecule has 152 valence electrons. The Bertz CT molecular complexity index is 898. The summed E-state index contributed by atoms with van der Waals surface area (Å²) in [6.45, 7) is 2.61. The first-order valence-corrected chi connectivity index (χ1v) is 10.2. The summed E-state index contributed by atoms with van der Waals surface area (Å²) in [5.74, 6) is 0.651. The first-order valence-electron chi connectivity index (χ1n) is 10.2. The molecule has 1 fully saturated rings. The number of amides is 3. The highest BCUT2D eigenvalue weighted by molar-refractivity contribution is 5.94. The number of likely N-dealkylation sites (tertiary alicyclic amines) is 1. The Morgan fingerprint density at radius 2 is 1.86 bits per heavy atom. The van der Waals surface area contributed by atoms with Crippen LogP contribution in [0, 0.1) is 0 Å². The highest BCUT2D eigenvalue weighted by atomic mass is 16.5. The maximum absolute atomic E-state index is 12.9. The Balaban J connectivity index is 1.36. The minimum Gasteiger partial charge on any atom is -0.497 e. The van der Waals surface area contributed by atoms with E-state index in [0.29, 0.717) is 30.9 Å². The standard InChI is InChI=1S/C23H27N3O3/c1-29-21-10-4-8-18(14-21)22(27)25-12-5-9-20(16-25)24-23(28)26-13-11-17-6-2-3-7-19(17)15-26/h2-4,6-8,10,14,20H,5,9,11-13,15-16H2,1H3,(H,24,28). The summed E-state index contributed by atoms with van der Waals surface area (Å²) in [5, 5.41) is 3.15. The molecule has 6 heteroatoms. The van der Waals surface area contributed by atoms with E-state index in [-0.39, 0.29) is 18.0 Å². The average Bonchev–Trinajstić information content (AvgIpc) is 2.78. The molecule has 4 rings (SSSR count).